The Balaban J connectivity index is 2.52. The van der Waals surface area contributed by atoms with Gasteiger partial charge in [0.05, 0.1) is 29.0 Å². The molecule has 2 heterocycles. The van der Waals surface area contributed by atoms with Gasteiger partial charge in [-0.15, -0.1) is 0 Å². The molecule has 7 heteroatoms. The zero-order valence-electron chi connectivity index (χ0n) is 11.2. The number of alkyl halides is 3. The van der Waals surface area contributed by atoms with Crippen molar-refractivity contribution in [2.75, 3.05) is 0 Å². The summed E-state index contributed by atoms with van der Waals surface area (Å²) in [5.74, 6) is -1.06. The molecule has 0 amide bonds. The molecule has 1 N–H and O–H groups in total. The van der Waals surface area contributed by atoms with Crippen molar-refractivity contribution >= 4 is 5.70 Å². The average Bonchev–Trinajstić information content (AvgIpc) is 2.80. The summed E-state index contributed by atoms with van der Waals surface area (Å²) in [5.41, 5.74) is 1.53. The maximum atomic E-state index is 12.7. The van der Waals surface area contributed by atoms with Crippen LogP contribution in [-0.2, 0) is 6.18 Å². The zero-order valence-corrected chi connectivity index (χ0v) is 11.2. The summed E-state index contributed by atoms with van der Waals surface area (Å²) in [6, 6.07) is 4.74. The fourth-order valence-electron chi connectivity index (χ4n) is 2.05. The fourth-order valence-corrected chi connectivity index (χ4v) is 2.05. The maximum Gasteiger partial charge on any atom is 0.449 e. The lowest BCUT2D eigenvalue weighted by molar-refractivity contribution is -0.153. The Labute approximate surface area is 118 Å². The van der Waals surface area contributed by atoms with Crippen molar-refractivity contribution in [3.63, 3.8) is 0 Å². The highest BCUT2D eigenvalue weighted by Crippen LogP contribution is 2.36. The van der Waals surface area contributed by atoms with E-state index < -0.39 is 11.9 Å². The first kappa shape index (κ1) is 14.7. The SMILES string of the molecule is CC1=C(C#N)CC(C#N)=C(c2cc(C(F)(F)F)oc2C)N1. The van der Waals surface area contributed by atoms with E-state index >= 15 is 0 Å². The summed E-state index contributed by atoms with van der Waals surface area (Å²) in [6.07, 6.45) is -4.50. The Morgan fingerprint density at radius 1 is 1.19 bits per heavy atom. The molecule has 0 spiro atoms. The number of hydrogen-bond acceptors (Lipinski definition) is 4. The second kappa shape index (κ2) is 5.02. The predicted octanol–water partition coefficient (Wildman–Crippen LogP) is 3.63. The van der Waals surface area contributed by atoms with Crippen LogP contribution in [0.3, 0.4) is 0 Å². The number of nitrogens with zero attached hydrogens (tertiary/aromatic N) is 2. The van der Waals surface area contributed by atoms with E-state index in [1.165, 1.54) is 6.92 Å². The first-order valence-electron chi connectivity index (χ1n) is 5.96. The van der Waals surface area contributed by atoms with Gasteiger partial charge in [-0.05, 0) is 19.9 Å². The van der Waals surface area contributed by atoms with Gasteiger partial charge in [-0.25, -0.2) is 0 Å². The lowest BCUT2D eigenvalue weighted by Gasteiger charge is -2.19. The number of nitrogens with one attached hydrogen (secondary N) is 1. The van der Waals surface area contributed by atoms with E-state index in [0.717, 1.165) is 6.07 Å². The number of rotatable bonds is 1. The Kier molecular flexibility index (Phi) is 3.52. The van der Waals surface area contributed by atoms with Crippen molar-refractivity contribution in [1.82, 2.24) is 5.32 Å². The third-order valence-electron chi connectivity index (χ3n) is 3.16. The second-order valence-electron chi connectivity index (χ2n) is 4.56. The largest absolute Gasteiger partial charge is 0.456 e. The highest BCUT2D eigenvalue weighted by Gasteiger charge is 2.36. The van der Waals surface area contributed by atoms with Crippen LogP contribution in [0.5, 0.6) is 0 Å². The van der Waals surface area contributed by atoms with Gasteiger partial charge in [0.25, 0.3) is 0 Å². The standard InChI is InChI=1S/C14H10F3N3O/c1-7-9(5-18)3-10(6-19)13(20-7)11-4-12(14(15,16)17)21-8(11)2/h4,20H,3H2,1-2H3. The summed E-state index contributed by atoms with van der Waals surface area (Å²) in [7, 11) is 0. The number of furan rings is 1. The monoisotopic (exact) mass is 293 g/mol. The van der Waals surface area contributed by atoms with Gasteiger partial charge in [0.1, 0.15) is 5.76 Å². The Hall–Kier alpha value is -2.67. The number of allylic oxidation sites excluding steroid dienone is 3. The third kappa shape index (κ3) is 2.63. The van der Waals surface area contributed by atoms with E-state index in [1.807, 2.05) is 12.1 Å². The van der Waals surface area contributed by atoms with Crippen molar-refractivity contribution in [2.45, 2.75) is 26.4 Å². The molecule has 1 aromatic rings. The third-order valence-corrected chi connectivity index (χ3v) is 3.16. The molecule has 2 rings (SSSR count). The van der Waals surface area contributed by atoms with Crippen LogP contribution in [0.4, 0.5) is 13.2 Å². The van der Waals surface area contributed by atoms with Crippen LogP contribution in [0.2, 0.25) is 0 Å². The molecular weight excluding hydrogens is 283 g/mol. The van der Waals surface area contributed by atoms with E-state index in [9.17, 15) is 13.2 Å². The van der Waals surface area contributed by atoms with E-state index in [-0.39, 0.29) is 29.0 Å². The summed E-state index contributed by atoms with van der Waals surface area (Å²) in [4.78, 5) is 0. The molecule has 0 aliphatic carbocycles. The fraction of sp³-hybridized carbons (Fsp3) is 0.286. The molecule has 1 aromatic heterocycles. The molecule has 0 saturated carbocycles. The highest BCUT2D eigenvalue weighted by atomic mass is 19.4. The van der Waals surface area contributed by atoms with Gasteiger partial charge in [-0.1, -0.05) is 0 Å². The Morgan fingerprint density at radius 3 is 2.29 bits per heavy atom. The van der Waals surface area contributed by atoms with Crippen molar-refractivity contribution in [2.24, 2.45) is 0 Å². The van der Waals surface area contributed by atoms with E-state index in [2.05, 4.69) is 5.32 Å². The number of hydrogen-bond donors (Lipinski definition) is 1. The van der Waals surface area contributed by atoms with Gasteiger partial charge in [-0.3, -0.25) is 0 Å². The van der Waals surface area contributed by atoms with Crippen molar-refractivity contribution in [1.29, 1.82) is 10.5 Å². The lowest BCUT2D eigenvalue weighted by Crippen LogP contribution is -2.18. The number of dihydropyridines is 1. The first-order valence-corrected chi connectivity index (χ1v) is 5.96. The summed E-state index contributed by atoms with van der Waals surface area (Å²) in [5, 5.41) is 20.9. The molecule has 0 atom stereocenters. The van der Waals surface area contributed by atoms with Crippen LogP contribution in [-0.4, -0.2) is 0 Å². The predicted molar refractivity (Wildman–Crippen MR) is 67.0 cm³/mol. The molecule has 1 aliphatic heterocycles. The van der Waals surface area contributed by atoms with Crippen LogP contribution in [0.1, 0.15) is 30.4 Å². The quantitative estimate of drug-likeness (QED) is 0.858. The minimum absolute atomic E-state index is 0.0609. The molecule has 108 valence electrons. The molecule has 0 radical (unpaired) electrons. The minimum Gasteiger partial charge on any atom is -0.456 e. The van der Waals surface area contributed by atoms with E-state index in [0.29, 0.717) is 11.3 Å². The minimum atomic E-state index is -4.59. The van der Waals surface area contributed by atoms with Crippen LogP contribution in [0, 0.1) is 29.6 Å². The summed E-state index contributed by atoms with van der Waals surface area (Å²) in [6.45, 7) is 3.03. The molecule has 0 aromatic carbocycles. The average molecular weight is 293 g/mol. The number of halogens is 3. The topological polar surface area (TPSA) is 72.8 Å². The molecule has 0 saturated heterocycles. The molecule has 0 unspecified atom stereocenters. The first-order chi connectivity index (χ1) is 9.77. The van der Waals surface area contributed by atoms with Gasteiger partial charge in [0.15, 0.2) is 0 Å². The highest BCUT2D eigenvalue weighted by molar-refractivity contribution is 5.75. The number of nitriles is 2. The van der Waals surface area contributed by atoms with Gasteiger partial charge >= 0.3 is 6.18 Å². The van der Waals surface area contributed by atoms with Crippen LogP contribution < -0.4 is 5.32 Å². The normalized spacial score (nSPS) is 15.6. The number of aryl methyl sites for hydroxylation is 1. The summed E-state index contributed by atoms with van der Waals surface area (Å²) < 4.78 is 42.7. The van der Waals surface area contributed by atoms with Crippen LogP contribution in [0.25, 0.3) is 5.70 Å². The van der Waals surface area contributed by atoms with Crippen LogP contribution in [0.15, 0.2) is 27.3 Å². The van der Waals surface area contributed by atoms with Gasteiger partial charge in [-0.2, -0.15) is 23.7 Å². The smallest absolute Gasteiger partial charge is 0.449 e. The Morgan fingerprint density at radius 2 is 1.81 bits per heavy atom. The molecule has 1 aliphatic rings. The molecule has 0 bridgehead atoms. The molecule has 0 fully saturated rings. The van der Waals surface area contributed by atoms with Gasteiger partial charge < -0.3 is 9.73 Å². The Bertz CT molecular complexity index is 739. The van der Waals surface area contributed by atoms with Crippen molar-refractivity contribution in [3.05, 3.63) is 40.0 Å². The van der Waals surface area contributed by atoms with E-state index in [4.69, 9.17) is 14.9 Å². The van der Waals surface area contributed by atoms with Crippen molar-refractivity contribution < 1.29 is 17.6 Å². The molecular formula is C14H10F3N3O. The lowest BCUT2D eigenvalue weighted by atomic mass is 9.96. The van der Waals surface area contributed by atoms with Gasteiger partial charge in [0, 0.05) is 17.7 Å². The zero-order chi connectivity index (χ0) is 15.8. The molecule has 21 heavy (non-hydrogen) atoms. The molecule has 4 nitrogen and oxygen atoms in total. The summed E-state index contributed by atoms with van der Waals surface area (Å²) >= 11 is 0. The second-order valence-corrected chi connectivity index (χ2v) is 4.56. The van der Waals surface area contributed by atoms with Crippen molar-refractivity contribution in [3.8, 4) is 12.1 Å². The van der Waals surface area contributed by atoms with Gasteiger partial charge in [0.2, 0.25) is 5.76 Å². The van der Waals surface area contributed by atoms with Crippen LogP contribution >= 0.6 is 0 Å². The van der Waals surface area contributed by atoms with E-state index in [1.54, 1.807) is 6.92 Å². The maximum absolute atomic E-state index is 12.7.